The summed E-state index contributed by atoms with van der Waals surface area (Å²) in [5.74, 6) is 0.450. The van der Waals surface area contributed by atoms with Crippen LogP contribution >= 0.6 is 35.6 Å². The number of nitrogens with one attached hydrogen (secondary N) is 1. The first kappa shape index (κ1) is 17.6. The van der Waals surface area contributed by atoms with Crippen LogP contribution in [0.25, 0.3) is 0 Å². The molecule has 0 spiro atoms. The lowest BCUT2D eigenvalue weighted by molar-refractivity contribution is -0.122. The molecular weight excluding hydrogens is 319 g/mol. The first-order valence-electron chi connectivity index (χ1n) is 6.39. The number of nitrogens with two attached hydrogens (primary N) is 1. The minimum absolute atomic E-state index is 0. The van der Waals surface area contributed by atoms with Gasteiger partial charge in [0.1, 0.15) is 0 Å². The number of carbonyl (C=O) groups is 1. The van der Waals surface area contributed by atoms with Gasteiger partial charge in [-0.15, -0.1) is 12.4 Å². The van der Waals surface area contributed by atoms with Crippen molar-refractivity contribution in [3.05, 3.63) is 33.8 Å². The second-order valence-corrected chi connectivity index (χ2v) is 6.20. The summed E-state index contributed by atoms with van der Waals surface area (Å²) in [6.45, 7) is 2.46. The van der Waals surface area contributed by atoms with Gasteiger partial charge in [-0.05, 0) is 43.4 Å². The highest BCUT2D eigenvalue weighted by Gasteiger charge is 2.41. The van der Waals surface area contributed by atoms with Crippen LogP contribution in [0.5, 0.6) is 0 Å². The van der Waals surface area contributed by atoms with Crippen LogP contribution in [0.1, 0.15) is 25.3 Å². The maximum atomic E-state index is 12.1. The van der Waals surface area contributed by atoms with E-state index >= 15 is 0 Å². The topological polar surface area (TPSA) is 55.1 Å². The molecule has 1 aromatic rings. The Morgan fingerprint density at radius 2 is 2.10 bits per heavy atom. The van der Waals surface area contributed by atoms with Crippen molar-refractivity contribution in [3.63, 3.8) is 0 Å². The van der Waals surface area contributed by atoms with E-state index in [2.05, 4.69) is 5.32 Å². The molecule has 0 heterocycles. The molecule has 1 amide bonds. The van der Waals surface area contributed by atoms with Crippen LogP contribution in [0.4, 0.5) is 0 Å². The predicted molar refractivity (Wildman–Crippen MR) is 85.7 cm³/mol. The van der Waals surface area contributed by atoms with E-state index in [1.807, 2.05) is 6.92 Å². The van der Waals surface area contributed by atoms with Crippen LogP contribution in [0.15, 0.2) is 18.2 Å². The van der Waals surface area contributed by atoms with Crippen LogP contribution < -0.4 is 11.1 Å². The summed E-state index contributed by atoms with van der Waals surface area (Å²) >= 11 is 11.9. The molecule has 20 heavy (non-hydrogen) atoms. The molecule has 6 heteroatoms. The summed E-state index contributed by atoms with van der Waals surface area (Å²) in [6, 6.07) is 5.16. The van der Waals surface area contributed by atoms with Crippen molar-refractivity contribution in [2.75, 3.05) is 6.54 Å². The van der Waals surface area contributed by atoms with Crippen molar-refractivity contribution >= 4 is 41.5 Å². The van der Waals surface area contributed by atoms with Crippen molar-refractivity contribution in [2.45, 2.75) is 31.7 Å². The average molecular weight is 338 g/mol. The fraction of sp³-hybridized carbons (Fsp3) is 0.500. The molecule has 1 saturated carbocycles. The zero-order valence-electron chi connectivity index (χ0n) is 11.3. The van der Waals surface area contributed by atoms with Crippen molar-refractivity contribution in [2.24, 2.45) is 11.7 Å². The fourth-order valence-electron chi connectivity index (χ4n) is 2.24. The lowest BCUT2D eigenvalue weighted by Crippen LogP contribution is -2.53. The molecule has 0 aromatic heterocycles. The number of halogens is 3. The Morgan fingerprint density at radius 1 is 1.45 bits per heavy atom. The summed E-state index contributed by atoms with van der Waals surface area (Å²) in [5.41, 5.74) is 6.26. The third kappa shape index (κ3) is 4.26. The molecule has 1 aliphatic rings. The van der Waals surface area contributed by atoms with Crippen molar-refractivity contribution in [1.82, 2.24) is 5.32 Å². The van der Waals surface area contributed by atoms with E-state index in [1.54, 1.807) is 18.2 Å². The second-order valence-electron chi connectivity index (χ2n) is 5.36. The summed E-state index contributed by atoms with van der Waals surface area (Å²) in [5, 5.41) is 4.13. The molecule has 0 radical (unpaired) electrons. The van der Waals surface area contributed by atoms with Gasteiger partial charge < -0.3 is 11.1 Å². The Hall–Kier alpha value is -0.480. The third-order valence-electron chi connectivity index (χ3n) is 3.69. The highest BCUT2D eigenvalue weighted by Crippen LogP contribution is 2.39. The molecule has 0 saturated heterocycles. The predicted octanol–water partition coefficient (Wildman–Crippen LogP) is 3.20. The van der Waals surface area contributed by atoms with Crippen LogP contribution in [0.3, 0.4) is 0 Å². The van der Waals surface area contributed by atoms with Crippen LogP contribution in [-0.2, 0) is 11.2 Å². The summed E-state index contributed by atoms with van der Waals surface area (Å²) in [6.07, 6.45) is 2.52. The molecule has 1 aliphatic carbocycles. The standard InChI is InChI=1S/C14H18Cl2N2O.ClH/c1-14(8-17,10-3-4-10)18-13(19)6-9-2-5-11(15)7-12(9)16;/h2,5,7,10H,3-4,6,8,17H2,1H3,(H,18,19);1H. The SMILES string of the molecule is CC(CN)(NC(=O)Cc1ccc(Cl)cc1Cl)C1CC1.Cl. The summed E-state index contributed by atoms with van der Waals surface area (Å²) in [4.78, 5) is 12.1. The largest absolute Gasteiger partial charge is 0.349 e. The van der Waals surface area contributed by atoms with Crippen molar-refractivity contribution < 1.29 is 4.79 Å². The molecule has 2 rings (SSSR count). The second kappa shape index (κ2) is 6.99. The van der Waals surface area contributed by atoms with Crippen molar-refractivity contribution in [3.8, 4) is 0 Å². The number of benzene rings is 1. The molecule has 1 atom stereocenters. The Morgan fingerprint density at radius 3 is 2.60 bits per heavy atom. The van der Waals surface area contributed by atoms with Gasteiger partial charge in [0.15, 0.2) is 0 Å². The lowest BCUT2D eigenvalue weighted by atomic mass is 9.95. The third-order valence-corrected chi connectivity index (χ3v) is 4.28. The fourth-order valence-corrected chi connectivity index (χ4v) is 2.72. The van der Waals surface area contributed by atoms with Gasteiger partial charge in [-0.3, -0.25) is 4.79 Å². The summed E-state index contributed by atoms with van der Waals surface area (Å²) < 4.78 is 0. The van der Waals surface area contributed by atoms with Gasteiger partial charge >= 0.3 is 0 Å². The van der Waals surface area contributed by atoms with Gasteiger partial charge in [0.25, 0.3) is 0 Å². The van der Waals surface area contributed by atoms with E-state index in [-0.39, 0.29) is 30.3 Å². The minimum Gasteiger partial charge on any atom is -0.349 e. The van der Waals surface area contributed by atoms with E-state index in [9.17, 15) is 4.79 Å². The molecule has 112 valence electrons. The monoisotopic (exact) mass is 336 g/mol. The molecule has 0 aliphatic heterocycles. The normalized spacial score (nSPS) is 17.0. The van der Waals surface area contributed by atoms with Crippen LogP contribution in [0.2, 0.25) is 10.0 Å². The highest BCUT2D eigenvalue weighted by molar-refractivity contribution is 6.35. The Bertz CT molecular complexity index is 491. The smallest absolute Gasteiger partial charge is 0.224 e. The molecule has 1 aromatic carbocycles. The van der Waals surface area contributed by atoms with Gasteiger partial charge in [-0.25, -0.2) is 0 Å². The minimum atomic E-state index is -0.296. The van der Waals surface area contributed by atoms with Gasteiger partial charge in [-0.1, -0.05) is 29.3 Å². The zero-order valence-corrected chi connectivity index (χ0v) is 13.6. The van der Waals surface area contributed by atoms with Gasteiger partial charge in [0.2, 0.25) is 5.91 Å². The molecule has 1 fully saturated rings. The first-order valence-corrected chi connectivity index (χ1v) is 7.15. The number of rotatable bonds is 5. The molecular formula is C14H19Cl3N2O. The molecule has 3 N–H and O–H groups in total. The van der Waals surface area contributed by atoms with E-state index < -0.39 is 0 Å². The average Bonchev–Trinajstić information content (AvgIpc) is 3.17. The maximum Gasteiger partial charge on any atom is 0.224 e. The highest BCUT2D eigenvalue weighted by atomic mass is 35.5. The molecule has 0 bridgehead atoms. The summed E-state index contributed by atoms with van der Waals surface area (Å²) in [7, 11) is 0. The van der Waals surface area contributed by atoms with Gasteiger partial charge in [-0.2, -0.15) is 0 Å². The van der Waals surface area contributed by atoms with Crippen LogP contribution in [0, 0.1) is 5.92 Å². The van der Waals surface area contributed by atoms with Gasteiger partial charge in [0, 0.05) is 16.6 Å². The Kier molecular flexibility index (Phi) is 6.14. The van der Waals surface area contributed by atoms with E-state index in [1.165, 1.54) is 0 Å². The van der Waals surface area contributed by atoms with Crippen LogP contribution in [-0.4, -0.2) is 18.0 Å². The molecule has 1 unspecified atom stereocenters. The number of hydrogen-bond acceptors (Lipinski definition) is 2. The lowest BCUT2D eigenvalue weighted by Gasteiger charge is -2.29. The first-order chi connectivity index (χ1) is 8.94. The van der Waals surface area contributed by atoms with E-state index in [0.29, 0.717) is 22.5 Å². The Balaban J connectivity index is 0.00000200. The quantitative estimate of drug-likeness (QED) is 0.867. The maximum absolute atomic E-state index is 12.1. The van der Waals surface area contributed by atoms with Crippen molar-refractivity contribution in [1.29, 1.82) is 0 Å². The zero-order chi connectivity index (χ0) is 14.0. The van der Waals surface area contributed by atoms with E-state index in [4.69, 9.17) is 28.9 Å². The van der Waals surface area contributed by atoms with Gasteiger partial charge in [0.05, 0.1) is 12.0 Å². The number of hydrogen-bond donors (Lipinski definition) is 2. The number of carbonyl (C=O) groups excluding carboxylic acids is 1. The number of amides is 1. The van der Waals surface area contributed by atoms with E-state index in [0.717, 1.165) is 18.4 Å². The molecule has 3 nitrogen and oxygen atoms in total. The Labute approximate surface area is 135 Å².